The molecule has 5 nitrogen and oxygen atoms in total. The molecule has 1 atom stereocenters. The molecule has 2 aliphatic heterocycles. The SMILES string of the molecule is Cc1cc(C(C(=O)O)N2CCOC3(CCNCC3)C2)ccc1F. The molecule has 0 aliphatic carbocycles. The van der Waals surface area contributed by atoms with E-state index in [-0.39, 0.29) is 11.4 Å². The number of carboxylic acid groups (broad SMARTS) is 1. The topological polar surface area (TPSA) is 61.8 Å². The molecule has 2 heterocycles. The zero-order valence-corrected chi connectivity index (χ0v) is 13.3. The highest BCUT2D eigenvalue weighted by Gasteiger charge is 2.41. The molecule has 1 spiro atoms. The van der Waals surface area contributed by atoms with E-state index in [1.54, 1.807) is 19.1 Å². The van der Waals surface area contributed by atoms with Gasteiger partial charge in [0.15, 0.2) is 0 Å². The van der Waals surface area contributed by atoms with E-state index in [0.717, 1.165) is 25.9 Å². The van der Waals surface area contributed by atoms with Gasteiger partial charge in [-0.1, -0.05) is 12.1 Å². The van der Waals surface area contributed by atoms with Gasteiger partial charge in [0.2, 0.25) is 0 Å². The molecule has 2 N–H and O–H groups in total. The fraction of sp³-hybridized carbons (Fsp3) is 0.588. The van der Waals surface area contributed by atoms with Gasteiger partial charge >= 0.3 is 5.97 Å². The molecule has 1 aromatic rings. The summed E-state index contributed by atoms with van der Waals surface area (Å²) < 4.78 is 19.5. The molecule has 0 amide bonds. The maximum atomic E-state index is 13.5. The summed E-state index contributed by atoms with van der Waals surface area (Å²) in [6.45, 7) is 5.14. The molecule has 6 heteroatoms. The lowest BCUT2D eigenvalue weighted by Crippen LogP contribution is -2.57. The average molecular weight is 322 g/mol. The number of carboxylic acids is 1. The van der Waals surface area contributed by atoms with Gasteiger partial charge in [0.25, 0.3) is 0 Å². The Morgan fingerprint density at radius 2 is 2.17 bits per heavy atom. The Labute approximate surface area is 135 Å². The summed E-state index contributed by atoms with van der Waals surface area (Å²) in [4.78, 5) is 13.8. The smallest absolute Gasteiger partial charge is 0.325 e. The van der Waals surface area contributed by atoms with Crippen molar-refractivity contribution in [2.75, 3.05) is 32.8 Å². The first-order valence-corrected chi connectivity index (χ1v) is 8.08. The molecular weight excluding hydrogens is 299 g/mol. The molecule has 0 saturated carbocycles. The number of piperidine rings is 1. The molecule has 2 fully saturated rings. The number of aliphatic carboxylic acids is 1. The van der Waals surface area contributed by atoms with E-state index < -0.39 is 12.0 Å². The van der Waals surface area contributed by atoms with Crippen molar-refractivity contribution in [3.05, 3.63) is 35.1 Å². The van der Waals surface area contributed by atoms with Gasteiger partial charge in [-0.05, 0) is 50.0 Å². The van der Waals surface area contributed by atoms with Crippen LogP contribution in [0.4, 0.5) is 4.39 Å². The van der Waals surface area contributed by atoms with E-state index in [2.05, 4.69) is 5.32 Å². The summed E-state index contributed by atoms with van der Waals surface area (Å²) in [6, 6.07) is 3.80. The largest absolute Gasteiger partial charge is 0.480 e. The van der Waals surface area contributed by atoms with Crippen LogP contribution in [0.2, 0.25) is 0 Å². The molecule has 3 rings (SSSR count). The fourth-order valence-electron chi connectivity index (χ4n) is 3.63. The second kappa shape index (κ2) is 6.55. The van der Waals surface area contributed by atoms with Crippen LogP contribution in [0.25, 0.3) is 0 Å². The van der Waals surface area contributed by atoms with Crippen LogP contribution in [-0.4, -0.2) is 54.4 Å². The third-order valence-corrected chi connectivity index (χ3v) is 4.89. The van der Waals surface area contributed by atoms with Gasteiger partial charge in [0.05, 0.1) is 12.2 Å². The number of benzene rings is 1. The summed E-state index contributed by atoms with van der Waals surface area (Å²) in [5.74, 6) is -1.21. The second-order valence-corrected chi connectivity index (χ2v) is 6.50. The standard InChI is InChI=1S/C17H23FN2O3/c1-12-10-13(2-3-14(12)18)15(16(21)22)20-8-9-23-17(11-20)4-6-19-7-5-17/h2-3,10,15,19H,4-9,11H2,1H3,(H,21,22). The lowest BCUT2D eigenvalue weighted by Gasteiger charge is -2.46. The molecule has 0 bridgehead atoms. The molecule has 2 aliphatic rings. The van der Waals surface area contributed by atoms with Crippen LogP contribution >= 0.6 is 0 Å². The average Bonchev–Trinajstić information content (AvgIpc) is 2.52. The number of nitrogens with zero attached hydrogens (tertiary/aromatic N) is 1. The van der Waals surface area contributed by atoms with Gasteiger partial charge < -0.3 is 15.2 Å². The van der Waals surface area contributed by atoms with Crippen molar-refractivity contribution >= 4 is 5.97 Å². The number of rotatable bonds is 3. The van der Waals surface area contributed by atoms with Crippen LogP contribution in [0.1, 0.15) is 30.0 Å². The van der Waals surface area contributed by atoms with E-state index in [4.69, 9.17) is 4.74 Å². The number of carbonyl (C=O) groups is 1. The van der Waals surface area contributed by atoms with Gasteiger partial charge in [-0.15, -0.1) is 0 Å². The maximum absolute atomic E-state index is 13.5. The van der Waals surface area contributed by atoms with Gasteiger partial charge in [-0.2, -0.15) is 0 Å². The predicted octanol–water partition coefficient (Wildman–Crippen LogP) is 1.71. The van der Waals surface area contributed by atoms with E-state index in [1.165, 1.54) is 6.07 Å². The van der Waals surface area contributed by atoms with Crippen LogP contribution in [0.5, 0.6) is 0 Å². The van der Waals surface area contributed by atoms with Crippen molar-refractivity contribution in [1.82, 2.24) is 10.2 Å². The van der Waals surface area contributed by atoms with Crippen molar-refractivity contribution in [3.8, 4) is 0 Å². The molecule has 23 heavy (non-hydrogen) atoms. The lowest BCUT2D eigenvalue weighted by atomic mass is 9.89. The summed E-state index contributed by atoms with van der Waals surface area (Å²) in [5, 5.41) is 13.0. The Bertz CT molecular complexity index is 582. The third-order valence-electron chi connectivity index (χ3n) is 4.89. The Morgan fingerprint density at radius 3 is 2.83 bits per heavy atom. The first-order chi connectivity index (χ1) is 11.0. The van der Waals surface area contributed by atoms with Gasteiger partial charge in [-0.3, -0.25) is 9.69 Å². The number of hydrogen-bond acceptors (Lipinski definition) is 4. The fourth-order valence-corrected chi connectivity index (χ4v) is 3.63. The molecule has 0 radical (unpaired) electrons. The Kier molecular flexibility index (Phi) is 4.66. The molecule has 126 valence electrons. The van der Waals surface area contributed by atoms with Crippen LogP contribution in [0.3, 0.4) is 0 Å². The minimum absolute atomic E-state index is 0.258. The number of nitrogens with one attached hydrogen (secondary N) is 1. The maximum Gasteiger partial charge on any atom is 0.325 e. The van der Waals surface area contributed by atoms with Crippen LogP contribution in [-0.2, 0) is 9.53 Å². The quantitative estimate of drug-likeness (QED) is 0.887. The second-order valence-electron chi connectivity index (χ2n) is 6.50. The number of morpholine rings is 1. The highest BCUT2D eigenvalue weighted by molar-refractivity contribution is 5.75. The van der Waals surface area contributed by atoms with E-state index in [1.807, 2.05) is 4.90 Å². The molecule has 2 saturated heterocycles. The van der Waals surface area contributed by atoms with Crippen molar-refractivity contribution in [2.24, 2.45) is 0 Å². The first-order valence-electron chi connectivity index (χ1n) is 8.08. The first kappa shape index (κ1) is 16.4. The normalized spacial score (nSPS) is 22.9. The summed E-state index contributed by atoms with van der Waals surface area (Å²) in [5.41, 5.74) is 0.840. The Balaban J connectivity index is 1.85. The number of ether oxygens (including phenoxy) is 1. The third kappa shape index (κ3) is 3.39. The molecule has 1 aromatic carbocycles. The molecule has 0 aromatic heterocycles. The van der Waals surface area contributed by atoms with Crippen molar-refractivity contribution in [1.29, 1.82) is 0 Å². The lowest BCUT2D eigenvalue weighted by molar-refractivity contribution is -0.158. The zero-order valence-electron chi connectivity index (χ0n) is 13.3. The molecular formula is C17H23FN2O3. The van der Waals surface area contributed by atoms with Crippen LogP contribution < -0.4 is 5.32 Å². The van der Waals surface area contributed by atoms with Gasteiger partial charge in [-0.25, -0.2) is 4.39 Å². The monoisotopic (exact) mass is 322 g/mol. The van der Waals surface area contributed by atoms with Crippen molar-refractivity contribution in [2.45, 2.75) is 31.4 Å². The van der Waals surface area contributed by atoms with E-state index >= 15 is 0 Å². The van der Waals surface area contributed by atoms with Crippen LogP contribution in [0, 0.1) is 12.7 Å². The number of aryl methyl sites for hydroxylation is 1. The molecule has 1 unspecified atom stereocenters. The minimum Gasteiger partial charge on any atom is -0.480 e. The summed E-state index contributed by atoms with van der Waals surface area (Å²) in [7, 11) is 0. The predicted molar refractivity (Wildman–Crippen MR) is 83.9 cm³/mol. The number of hydrogen-bond donors (Lipinski definition) is 2. The highest BCUT2D eigenvalue weighted by atomic mass is 19.1. The summed E-state index contributed by atoms with van der Waals surface area (Å²) >= 11 is 0. The zero-order chi connectivity index (χ0) is 16.4. The Hall–Kier alpha value is -1.50. The van der Waals surface area contributed by atoms with Crippen LogP contribution in [0.15, 0.2) is 18.2 Å². The number of halogens is 1. The van der Waals surface area contributed by atoms with Crippen molar-refractivity contribution in [3.63, 3.8) is 0 Å². The minimum atomic E-state index is -0.901. The Morgan fingerprint density at radius 1 is 1.43 bits per heavy atom. The van der Waals surface area contributed by atoms with E-state index in [0.29, 0.717) is 30.8 Å². The highest BCUT2D eigenvalue weighted by Crippen LogP contribution is 2.32. The van der Waals surface area contributed by atoms with Gasteiger partial charge in [0.1, 0.15) is 11.9 Å². The van der Waals surface area contributed by atoms with E-state index in [9.17, 15) is 14.3 Å². The van der Waals surface area contributed by atoms with Gasteiger partial charge in [0, 0.05) is 13.1 Å². The summed E-state index contributed by atoms with van der Waals surface area (Å²) in [6.07, 6.45) is 1.77. The van der Waals surface area contributed by atoms with Crippen molar-refractivity contribution < 1.29 is 19.0 Å².